The molecule has 0 unspecified atom stereocenters. The maximum atomic E-state index is 13.2. The molecule has 1 amide bonds. The molecule has 1 fully saturated rings. The Morgan fingerprint density at radius 1 is 1.09 bits per heavy atom. The van der Waals surface area contributed by atoms with Gasteiger partial charge in [0.25, 0.3) is 0 Å². The summed E-state index contributed by atoms with van der Waals surface area (Å²) < 4.78 is 74.8. The number of carbonyl (C=O) groups is 2. The van der Waals surface area contributed by atoms with E-state index >= 15 is 0 Å². The van der Waals surface area contributed by atoms with Crippen LogP contribution in [-0.2, 0) is 37.1 Å². The van der Waals surface area contributed by atoms with Gasteiger partial charge in [-0.25, -0.2) is 23.4 Å². The maximum absolute atomic E-state index is 13.2. The SMILES string of the molecule is CC(C)(C)OC(=O)[C@H](Cn1cnc2c(N3CCC(C(=O)NC4=NCCCN4)CC3)ncnc21)NS(=O)(=O)c1ccc(C(F)(F)F)cc1. The minimum Gasteiger partial charge on any atom is -0.459 e. The van der Waals surface area contributed by atoms with E-state index in [-0.39, 0.29) is 18.4 Å². The van der Waals surface area contributed by atoms with Gasteiger partial charge in [0.15, 0.2) is 22.9 Å². The average Bonchev–Trinajstić information content (AvgIpc) is 3.43. The number of amides is 1. The van der Waals surface area contributed by atoms with Crippen molar-refractivity contribution in [2.24, 2.45) is 10.9 Å². The zero-order chi connectivity index (χ0) is 34.0. The average molecular weight is 680 g/mol. The van der Waals surface area contributed by atoms with Crippen molar-refractivity contribution in [3.05, 3.63) is 42.5 Å². The van der Waals surface area contributed by atoms with Crippen LogP contribution < -0.4 is 20.3 Å². The zero-order valence-electron chi connectivity index (χ0n) is 26.0. The van der Waals surface area contributed by atoms with Gasteiger partial charge in [-0.2, -0.15) is 17.9 Å². The summed E-state index contributed by atoms with van der Waals surface area (Å²) in [4.78, 5) is 45.0. The molecule has 1 saturated heterocycles. The highest BCUT2D eigenvalue weighted by Gasteiger charge is 2.34. The fourth-order valence-corrected chi connectivity index (χ4v) is 6.41. The molecular formula is C29H36F3N9O5S. The number of anilines is 1. The van der Waals surface area contributed by atoms with Gasteiger partial charge in [0.1, 0.15) is 18.0 Å². The van der Waals surface area contributed by atoms with Crippen LogP contribution in [-0.4, -0.2) is 83.6 Å². The number of esters is 1. The molecule has 2 aliphatic rings. The molecule has 1 atom stereocenters. The molecule has 0 bridgehead atoms. The van der Waals surface area contributed by atoms with Crippen molar-refractivity contribution in [3.63, 3.8) is 0 Å². The number of nitrogens with one attached hydrogen (secondary N) is 3. The Hall–Kier alpha value is -4.32. The largest absolute Gasteiger partial charge is 0.459 e. The first kappa shape index (κ1) is 34.0. The van der Waals surface area contributed by atoms with E-state index in [1.165, 1.54) is 17.2 Å². The van der Waals surface area contributed by atoms with Crippen LogP contribution in [0.25, 0.3) is 11.2 Å². The maximum Gasteiger partial charge on any atom is 0.416 e. The summed E-state index contributed by atoms with van der Waals surface area (Å²) in [6.45, 7) is 7.03. The molecular weight excluding hydrogens is 643 g/mol. The first-order valence-electron chi connectivity index (χ1n) is 15.0. The van der Waals surface area contributed by atoms with Crippen LogP contribution in [0.3, 0.4) is 0 Å². The number of sulfonamides is 1. The van der Waals surface area contributed by atoms with Gasteiger partial charge in [-0.1, -0.05) is 0 Å². The Labute approximate surface area is 269 Å². The van der Waals surface area contributed by atoms with Crippen LogP contribution in [0.4, 0.5) is 19.0 Å². The number of guanidine groups is 1. The molecule has 3 N–H and O–H groups in total. The van der Waals surface area contributed by atoms with Gasteiger partial charge in [0.2, 0.25) is 15.9 Å². The molecule has 14 nitrogen and oxygen atoms in total. The number of hydrogen-bond acceptors (Lipinski definition) is 11. The van der Waals surface area contributed by atoms with Gasteiger partial charge in [-0.15, -0.1) is 0 Å². The van der Waals surface area contributed by atoms with Gasteiger partial charge in [-0.3, -0.25) is 19.9 Å². The number of imidazole rings is 1. The normalized spacial score (nSPS) is 17.1. The number of aliphatic imine (C=N–C) groups is 1. The van der Waals surface area contributed by atoms with E-state index in [0.717, 1.165) is 25.1 Å². The zero-order valence-corrected chi connectivity index (χ0v) is 26.9. The number of piperidine rings is 1. The molecule has 2 aliphatic heterocycles. The van der Waals surface area contributed by atoms with Gasteiger partial charge in [0.05, 0.1) is 23.3 Å². The number of fused-ring (bicyclic) bond motifs is 1. The minimum absolute atomic E-state index is 0.0955. The van der Waals surface area contributed by atoms with Crippen molar-refractivity contribution >= 4 is 44.8 Å². The molecule has 0 spiro atoms. The van der Waals surface area contributed by atoms with Gasteiger partial charge in [-0.05, 0) is 64.3 Å². The highest BCUT2D eigenvalue weighted by Crippen LogP contribution is 2.30. The number of nitrogens with zero attached hydrogens (tertiary/aromatic N) is 6. The Morgan fingerprint density at radius 3 is 2.40 bits per heavy atom. The predicted molar refractivity (Wildman–Crippen MR) is 165 cm³/mol. The van der Waals surface area contributed by atoms with Gasteiger partial charge < -0.3 is 19.5 Å². The van der Waals surface area contributed by atoms with Crippen molar-refractivity contribution < 1.29 is 35.9 Å². The van der Waals surface area contributed by atoms with Gasteiger partial charge in [0, 0.05) is 32.1 Å². The van der Waals surface area contributed by atoms with Crippen molar-refractivity contribution in [2.75, 3.05) is 31.1 Å². The highest BCUT2D eigenvalue weighted by molar-refractivity contribution is 7.89. The summed E-state index contributed by atoms with van der Waals surface area (Å²) >= 11 is 0. The minimum atomic E-state index is -4.65. The molecule has 0 aliphatic carbocycles. The Balaban J connectivity index is 1.33. The Kier molecular flexibility index (Phi) is 9.72. The lowest BCUT2D eigenvalue weighted by atomic mass is 9.96. The monoisotopic (exact) mass is 679 g/mol. The summed E-state index contributed by atoms with van der Waals surface area (Å²) in [6, 6.07) is 1.44. The van der Waals surface area contributed by atoms with Crippen molar-refractivity contribution in [3.8, 4) is 0 Å². The predicted octanol–water partition coefficient (Wildman–Crippen LogP) is 2.22. The molecule has 18 heteroatoms. The summed E-state index contributed by atoms with van der Waals surface area (Å²) in [5.41, 5.74) is -1.26. The standard InChI is InChI=1S/C29H36F3N9O5S/c1-28(2,3)46-26(43)21(39-47(44,45)20-7-5-19(6-8-20)29(30,31)32)15-41-17-37-22-23(35-16-36-24(22)41)40-13-9-18(10-14-40)25(42)38-27-33-11-4-12-34-27/h5-8,16-18,21,39H,4,9-15H2,1-3H3,(H2,33,34,38,42)/t21-/m0/s1. The highest BCUT2D eigenvalue weighted by atomic mass is 32.2. The van der Waals surface area contributed by atoms with Crippen LogP contribution >= 0.6 is 0 Å². The van der Waals surface area contributed by atoms with Crippen LogP contribution in [0.15, 0.2) is 46.8 Å². The number of hydrogen-bond donors (Lipinski definition) is 3. The van der Waals surface area contributed by atoms with E-state index in [2.05, 4.69) is 35.3 Å². The molecule has 5 rings (SSSR count). The molecule has 3 aromatic rings. The third-order valence-electron chi connectivity index (χ3n) is 7.55. The molecule has 47 heavy (non-hydrogen) atoms. The van der Waals surface area contributed by atoms with E-state index in [9.17, 15) is 31.2 Å². The van der Waals surface area contributed by atoms with Crippen molar-refractivity contribution in [1.29, 1.82) is 0 Å². The molecule has 254 valence electrons. The number of rotatable bonds is 8. The third kappa shape index (κ3) is 8.34. The third-order valence-corrected chi connectivity index (χ3v) is 9.03. The Morgan fingerprint density at radius 2 is 1.79 bits per heavy atom. The summed E-state index contributed by atoms with van der Waals surface area (Å²) in [6.07, 6.45) is 0.127. The number of carbonyl (C=O) groups excluding carboxylic acids is 2. The van der Waals surface area contributed by atoms with Crippen LogP contribution in [0, 0.1) is 5.92 Å². The van der Waals surface area contributed by atoms with Crippen LogP contribution in [0.5, 0.6) is 0 Å². The smallest absolute Gasteiger partial charge is 0.416 e. The number of benzene rings is 1. The lowest BCUT2D eigenvalue weighted by molar-refractivity contribution is -0.157. The molecule has 0 saturated carbocycles. The van der Waals surface area contributed by atoms with Crippen LogP contribution in [0.1, 0.15) is 45.6 Å². The molecule has 1 aromatic carbocycles. The van der Waals surface area contributed by atoms with E-state index < -0.39 is 44.3 Å². The fourth-order valence-electron chi connectivity index (χ4n) is 5.23. The van der Waals surface area contributed by atoms with E-state index in [4.69, 9.17) is 4.74 Å². The molecule has 0 radical (unpaired) electrons. The fraction of sp³-hybridized carbons (Fsp3) is 0.517. The van der Waals surface area contributed by atoms with Crippen molar-refractivity contribution in [2.45, 2.75) is 69.3 Å². The second-order valence-electron chi connectivity index (χ2n) is 12.3. The van der Waals surface area contributed by atoms with Crippen molar-refractivity contribution in [1.82, 2.24) is 34.9 Å². The Bertz CT molecular complexity index is 1750. The second kappa shape index (κ2) is 13.4. The summed E-state index contributed by atoms with van der Waals surface area (Å²) in [7, 11) is -4.46. The lowest BCUT2D eigenvalue weighted by Gasteiger charge is -2.32. The first-order valence-corrected chi connectivity index (χ1v) is 16.5. The topological polar surface area (TPSA) is 173 Å². The quantitative estimate of drug-likeness (QED) is 0.300. The summed E-state index contributed by atoms with van der Waals surface area (Å²) in [5.74, 6) is -0.191. The number of halogens is 3. The van der Waals surface area contributed by atoms with Crippen LogP contribution in [0.2, 0.25) is 0 Å². The van der Waals surface area contributed by atoms with E-state index in [0.29, 0.717) is 67.5 Å². The second-order valence-corrected chi connectivity index (χ2v) is 14.0. The summed E-state index contributed by atoms with van der Waals surface area (Å²) in [5, 5.41) is 5.94. The van der Waals surface area contributed by atoms with E-state index in [1.54, 1.807) is 20.8 Å². The molecule has 4 heterocycles. The lowest BCUT2D eigenvalue weighted by Crippen LogP contribution is -2.48. The van der Waals surface area contributed by atoms with E-state index in [1.807, 2.05) is 4.90 Å². The molecule has 2 aromatic heterocycles. The first-order chi connectivity index (χ1) is 22.1. The number of alkyl halides is 3. The number of aromatic nitrogens is 4. The number of ether oxygens (including phenoxy) is 1. The van der Waals surface area contributed by atoms with Gasteiger partial charge >= 0.3 is 12.1 Å².